The highest BCUT2D eigenvalue weighted by molar-refractivity contribution is 8.00. The van der Waals surface area contributed by atoms with Crippen LogP contribution in [0.1, 0.15) is 29.0 Å². The largest absolute Gasteiger partial charge is 0.481 e. The van der Waals surface area contributed by atoms with Crippen molar-refractivity contribution < 1.29 is 14.7 Å². The number of carboxylic acids is 1. The van der Waals surface area contributed by atoms with E-state index in [4.69, 9.17) is 0 Å². The first kappa shape index (κ1) is 13.9. The number of hydrogen-bond acceptors (Lipinski definition) is 4. The van der Waals surface area contributed by atoms with E-state index in [1.165, 1.54) is 4.88 Å². The van der Waals surface area contributed by atoms with Crippen molar-refractivity contribution in [1.82, 2.24) is 4.90 Å². The fourth-order valence-electron chi connectivity index (χ4n) is 2.84. The van der Waals surface area contributed by atoms with Crippen LogP contribution in [0.2, 0.25) is 0 Å². The maximum atomic E-state index is 12.7. The predicted octanol–water partition coefficient (Wildman–Crippen LogP) is 2.40. The Morgan fingerprint density at radius 1 is 1.50 bits per heavy atom. The molecule has 1 fully saturated rings. The Labute approximate surface area is 126 Å². The molecule has 0 unspecified atom stereocenters. The molecule has 3 heterocycles. The number of nitrogens with zero attached hydrogens (tertiary/aromatic N) is 1. The Morgan fingerprint density at radius 3 is 3.00 bits per heavy atom. The molecule has 0 saturated carbocycles. The van der Waals surface area contributed by atoms with Crippen LogP contribution in [0.5, 0.6) is 0 Å². The van der Waals surface area contributed by atoms with E-state index in [-0.39, 0.29) is 11.2 Å². The molecule has 2 aliphatic rings. The molecule has 108 valence electrons. The Morgan fingerprint density at radius 2 is 2.30 bits per heavy atom. The number of carbonyl (C=O) groups is 2. The van der Waals surface area contributed by atoms with Crippen molar-refractivity contribution in [2.45, 2.75) is 25.0 Å². The lowest BCUT2D eigenvalue weighted by Gasteiger charge is -2.27. The van der Waals surface area contributed by atoms with Gasteiger partial charge < -0.3 is 10.0 Å². The number of fused-ring (bicyclic) bond motifs is 1. The molecule has 6 heteroatoms. The molecule has 1 amide bonds. The second-order valence-electron chi connectivity index (χ2n) is 5.68. The van der Waals surface area contributed by atoms with Gasteiger partial charge in [0.1, 0.15) is 5.25 Å². The van der Waals surface area contributed by atoms with Crippen molar-refractivity contribution >= 4 is 35.0 Å². The Balaban J connectivity index is 1.77. The van der Waals surface area contributed by atoms with Gasteiger partial charge in [-0.25, -0.2) is 0 Å². The summed E-state index contributed by atoms with van der Waals surface area (Å²) in [5.41, 5.74) is 0.354. The number of hydrogen-bond donors (Lipinski definition) is 1. The van der Waals surface area contributed by atoms with Crippen molar-refractivity contribution in [3.05, 3.63) is 21.9 Å². The average molecular weight is 311 g/mol. The third-order valence-corrected chi connectivity index (χ3v) is 6.43. The number of thiophene rings is 1. The Bertz CT molecular complexity index is 556. The van der Waals surface area contributed by atoms with Gasteiger partial charge in [-0.2, -0.15) is 0 Å². The van der Waals surface area contributed by atoms with Crippen LogP contribution >= 0.6 is 23.1 Å². The number of thioether (sulfide) groups is 1. The van der Waals surface area contributed by atoms with Crippen LogP contribution in [-0.4, -0.2) is 40.7 Å². The van der Waals surface area contributed by atoms with Crippen LogP contribution in [0.15, 0.2) is 11.4 Å². The van der Waals surface area contributed by atoms with Crippen LogP contribution in [0, 0.1) is 5.41 Å². The topological polar surface area (TPSA) is 57.6 Å². The lowest BCUT2D eigenvalue weighted by molar-refractivity contribution is -0.147. The molecule has 1 N–H and O–H groups in total. The van der Waals surface area contributed by atoms with Crippen molar-refractivity contribution in [1.29, 1.82) is 0 Å². The second-order valence-corrected chi connectivity index (χ2v) is 7.89. The normalized spacial score (nSPS) is 29.2. The fraction of sp³-hybridized carbons (Fsp3) is 0.571. The number of likely N-dealkylation sites (tertiary alicyclic amines) is 1. The number of aryl methyl sites for hydroxylation is 1. The molecule has 0 aromatic carbocycles. The smallest absolute Gasteiger partial charge is 0.311 e. The molecule has 1 saturated heterocycles. The number of aliphatic carboxylic acids is 1. The summed E-state index contributed by atoms with van der Waals surface area (Å²) in [7, 11) is 0. The molecule has 1 aromatic heterocycles. The van der Waals surface area contributed by atoms with Crippen LogP contribution in [0.25, 0.3) is 0 Å². The standard InChI is InChI=1S/C14H17NO3S2/c1-14(13(17)18)4-5-15(8-14)12(16)11-9-2-6-19-10(9)3-7-20-11/h2,6,11H,3-5,7-8H2,1H3,(H,17,18)/t11-,14+/m1/s1. The van der Waals surface area contributed by atoms with Gasteiger partial charge in [0.15, 0.2) is 0 Å². The maximum Gasteiger partial charge on any atom is 0.311 e. The maximum absolute atomic E-state index is 12.7. The zero-order valence-electron chi connectivity index (χ0n) is 11.3. The van der Waals surface area contributed by atoms with E-state index in [0.29, 0.717) is 19.5 Å². The summed E-state index contributed by atoms with van der Waals surface area (Å²) in [6.45, 7) is 2.61. The highest BCUT2D eigenvalue weighted by atomic mass is 32.2. The van der Waals surface area contributed by atoms with Gasteiger partial charge in [-0.05, 0) is 42.5 Å². The highest BCUT2D eigenvalue weighted by Gasteiger charge is 2.44. The van der Waals surface area contributed by atoms with Gasteiger partial charge in [0.2, 0.25) is 5.91 Å². The summed E-state index contributed by atoms with van der Waals surface area (Å²) in [5, 5.41) is 11.2. The van der Waals surface area contributed by atoms with Crippen LogP contribution in [0.4, 0.5) is 0 Å². The molecular weight excluding hydrogens is 294 g/mol. The molecule has 3 rings (SSSR count). The number of carbonyl (C=O) groups excluding carboxylic acids is 1. The van der Waals surface area contributed by atoms with Crippen LogP contribution in [0.3, 0.4) is 0 Å². The minimum atomic E-state index is -0.805. The molecule has 0 bridgehead atoms. The van der Waals surface area contributed by atoms with E-state index < -0.39 is 11.4 Å². The second kappa shape index (κ2) is 5.07. The summed E-state index contributed by atoms with van der Waals surface area (Å²) in [6.07, 6.45) is 1.58. The summed E-state index contributed by atoms with van der Waals surface area (Å²) in [6, 6.07) is 2.04. The number of amides is 1. The van der Waals surface area contributed by atoms with Crippen molar-refractivity contribution in [2.75, 3.05) is 18.8 Å². The predicted molar refractivity (Wildman–Crippen MR) is 80.2 cm³/mol. The van der Waals surface area contributed by atoms with Gasteiger partial charge in [0.05, 0.1) is 5.41 Å². The lowest BCUT2D eigenvalue weighted by atomic mass is 9.90. The van der Waals surface area contributed by atoms with Crippen molar-refractivity contribution in [2.24, 2.45) is 5.41 Å². The van der Waals surface area contributed by atoms with Crippen molar-refractivity contribution in [3.63, 3.8) is 0 Å². The lowest BCUT2D eigenvalue weighted by Crippen LogP contribution is -2.37. The van der Waals surface area contributed by atoms with Gasteiger partial charge in [-0.15, -0.1) is 23.1 Å². The van der Waals surface area contributed by atoms with Gasteiger partial charge in [-0.3, -0.25) is 9.59 Å². The van der Waals surface area contributed by atoms with Gasteiger partial charge in [-0.1, -0.05) is 0 Å². The number of carboxylic acid groups (broad SMARTS) is 1. The van der Waals surface area contributed by atoms with Crippen LogP contribution in [-0.2, 0) is 16.0 Å². The highest BCUT2D eigenvalue weighted by Crippen LogP contribution is 2.42. The SMILES string of the molecule is C[C@]1(C(=O)O)CCN(C(=O)[C@@H]2SCCc3sccc32)C1. The monoisotopic (exact) mass is 311 g/mol. The third-order valence-electron chi connectivity index (χ3n) is 4.20. The third kappa shape index (κ3) is 2.24. The van der Waals surface area contributed by atoms with E-state index in [1.807, 2.05) is 11.4 Å². The molecule has 0 radical (unpaired) electrons. The molecular formula is C14H17NO3S2. The first-order chi connectivity index (χ1) is 9.51. The molecule has 2 atom stereocenters. The average Bonchev–Trinajstić information content (AvgIpc) is 3.04. The molecule has 0 spiro atoms. The quantitative estimate of drug-likeness (QED) is 0.911. The molecule has 20 heavy (non-hydrogen) atoms. The Kier molecular flexibility index (Phi) is 3.54. The van der Waals surface area contributed by atoms with Crippen molar-refractivity contribution in [3.8, 4) is 0 Å². The minimum Gasteiger partial charge on any atom is -0.481 e. The van der Waals surface area contributed by atoms with E-state index in [2.05, 4.69) is 0 Å². The van der Waals surface area contributed by atoms with E-state index in [1.54, 1.807) is 34.9 Å². The van der Waals surface area contributed by atoms with Gasteiger partial charge in [0, 0.05) is 18.0 Å². The summed E-state index contributed by atoms with van der Waals surface area (Å²) in [4.78, 5) is 27.0. The van der Waals surface area contributed by atoms with Gasteiger partial charge in [0.25, 0.3) is 0 Å². The molecule has 1 aromatic rings. The summed E-state index contributed by atoms with van der Waals surface area (Å²) < 4.78 is 0. The fourth-order valence-corrected chi connectivity index (χ4v) is 5.21. The molecule has 2 aliphatic heterocycles. The van der Waals surface area contributed by atoms with E-state index >= 15 is 0 Å². The molecule has 4 nitrogen and oxygen atoms in total. The minimum absolute atomic E-state index is 0.0827. The zero-order valence-corrected chi connectivity index (χ0v) is 12.9. The van der Waals surface area contributed by atoms with E-state index in [0.717, 1.165) is 17.7 Å². The first-order valence-electron chi connectivity index (χ1n) is 6.71. The zero-order chi connectivity index (χ0) is 14.3. The summed E-state index contributed by atoms with van der Waals surface area (Å²) in [5.74, 6) is 0.244. The first-order valence-corrected chi connectivity index (χ1v) is 8.64. The molecule has 0 aliphatic carbocycles. The number of rotatable bonds is 2. The summed E-state index contributed by atoms with van der Waals surface area (Å²) >= 11 is 3.40. The van der Waals surface area contributed by atoms with E-state index in [9.17, 15) is 14.7 Å². The van der Waals surface area contributed by atoms with Crippen LogP contribution < -0.4 is 0 Å². The Hall–Kier alpha value is -1.01. The van der Waals surface area contributed by atoms with Gasteiger partial charge >= 0.3 is 5.97 Å².